The van der Waals surface area contributed by atoms with E-state index in [2.05, 4.69) is 5.32 Å². The zero-order valence-electron chi connectivity index (χ0n) is 13.1. The lowest BCUT2D eigenvalue weighted by Crippen LogP contribution is -2.42. The number of nitrogens with zero attached hydrogens (tertiary/aromatic N) is 1. The van der Waals surface area contributed by atoms with Crippen LogP contribution < -0.4 is 5.32 Å². The fourth-order valence-electron chi connectivity index (χ4n) is 2.40. The molecule has 0 aliphatic rings. The minimum atomic E-state index is -0.904. The Hall–Kier alpha value is -2.04. The number of benzene rings is 1. The van der Waals surface area contributed by atoms with Gasteiger partial charge in [0, 0.05) is 18.3 Å². The van der Waals surface area contributed by atoms with Gasteiger partial charge in [0.1, 0.15) is 0 Å². The first-order valence-corrected chi connectivity index (χ1v) is 7.28. The lowest BCUT2D eigenvalue weighted by molar-refractivity contribution is -0.137. The molecule has 21 heavy (non-hydrogen) atoms. The Morgan fingerprint density at radius 1 is 1.33 bits per heavy atom. The molecule has 116 valence electrons. The molecule has 1 unspecified atom stereocenters. The van der Waals surface area contributed by atoms with Gasteiger partial charge in [-0.1, -0.05) is 25.1 Å². The van der Waals surface area contributed by atoms with Gasteiger partial charge in [0.05, 0.1) is 6.42 Å². The van der Waals surface area contributed by atoms with E-state index in [1.54, 1.807) is 11.8 Å². The molecule has 0 heterocycles. The normalized spacial score (nSPS) is 11.8. The van der Waals surface area contributed by atoms with Crippen molar-refractivity contribution < 1.29 is 14.7 Å². The molecule has 2 N–H and O–H groups in total. The van der Waals surface area contributed by atoms with Crippen LogP contribution in [0.15, 0.2) is 18.2 Å². The van der Waals surface area contributed by atoms with Crippen molar-refractivity contribution in [2.75, 3.05) is 11.9 Å². The summed E-state index contributed by atoms with van der Waals surface area (Å²) in [6.45, 7) is 8.04. The first-order chi connectivity index (χ1) is 9.90. The number of aryl methyl sites for hydroxylation is 2. The number of hydrogen-bond acceptors (Lipinski definition) is 2. The molecular weight excluding hydrogens is 268 g/mol. The third-order valence-corrected chi connectivity index (χ3v) is 3.58. The van der Waals surface area contributed by atoms with E-state index in [0.29, 0.717) is 6.54 Å². The van der Waals surface area contributed by atoms with Crippen LogP contribution in [-0.4, -0.2) is 34.6 Å². The number of carbonyl (C=O) groups excluding carboxylic acids is 1. The molecule has 0 spiro atoms. The van der Waals surface area contributed by atoms with Crippen LogP contribution in [-0.2, 0) is 11.2 Å². The second-order valence-electron chi connectivity index (χ2n) is 5.13. The molecule has 0 saturated carbocycles. The van der Waals surface area contributed by atoms with Crippen LogP contribution in [0, 0.1) is 6.92 Å². The molecular formula is C16H24N2O3. The van der Waals surface area contributed by atoms with Crippen LogP contribution in [0.5, 0.6) is 0 Å². The molecule has 0 fully saturated rings. The maximum Gasteiger partial charge on any atom is 0.322 e. The van der Waals surface area contributed by atoms with Gasteiger partial charge in [0.25, 0.3) is 0 Å². The van der Waals surface area contributed by atoms with Crippen LogP contribution >= 0.6 is 0 Å². The highest BCUT2D eigenvalue weighted by molar-refractivity contribution is 5.91. The highest BCUT2D eigenvalue weighted by Gasteiger charge is 2.21. The molecule has 0 aliphatic carbocycles. The van der Waals surface area contributed by atoms with Gasteiger partial charge in [-0.15, -0.1) is 0 Å². The largest absolute Gasteiger partial charge is 0.481 e. The lowest BCUT2D eigenvalue weighted by Gasteiger charge is -2.28. The van der Waals surface area contributed by atoms with Crippen LogP contribution in [0.4, 0.5) is 10.5 Å². The summed E-state index contributed by atoms with van der Waals surface area (Å²) in [5, 5.41) is 11.8. The van der Waals surface area contributed by atoms with Crippen molar-refractivity contribution in [2.24, 2.45) is 0 Å². The second-order valence-corrected chi connectivity index (χ2v) is 5.13. The zero-order chi connectivity index (χ0) is 16.0. The molecule has 2 amide bonds. The third kappa shape index (κ3) is 4.48. The number of carboxylic acids is 1. The van der Waals surface area contributed by atoms with Crippen LogP contribution in [0.3, 0.4) is 0 Å². The lowest BCUT2D eigenvalue weighted by atomic mass is 10.1. The molecule has 1 rings (SSSR count). The van der Waals surface area contributed by atoms with E-state index in [1.807, 2.05) is 39.0 Å². The summed E-state index contributed by atoms with van der Waals surface area (Å²) in [5.74, 6) is -0.904. The van der Waals surface area contributed by atoms with Gasteiger partial charge in [-0.2, -0.15) is 0 Å². The third-order valence-electron chi connectivity index (χ3n) is 3.58. The van der Waals surface area contributed by atoms with Gasteiger partial charge >= 0.3 is 12.0 Å². The van der Waals surface area contributed by atoms with Crippen LogP contribution in [0.1, 0.15) is 38.3 Å². The van der Waals surface area contributed by atoms with Gasteiger partial charge < -0.3 is 15.3 Å². The number of aliphatic carboxylic acids is 1. The fraction of sp³-hybridized carbons (Fsp3) is 0.500. The molecule has 0 aromatic heterocycles. The smallest absolute Gasteiger partial charge is 0.322 e. The van der Waals surface area contributed by atoms with Gasteiger partial charge in [0.2, 0.25) is 0 Å². The number of carbonyl (C=O) groups is 2. The number of nitrogens with one attached hydrogen (secondary N) is 1. The van der Waals surface area contributed by atoms with E-state index >= 15 is 0 Å². The minimum Gasteiger partial charge on any atom is -0.481 e. The van der Waals surface area contributed by atoms with Crippen LogP contribution in [0.25, 0.3) is 0 Å². The van der Waals surface area contributed by atoms with Gasteiger partial charge in [-0.25, -0.2) is 4.79 Å². The Morgan fingerprint density at radius 3 is 2.52 bits per heavy atom. The summed E-state index contributed by atoms with van der Waals surface area (Å²) in [6, 6.07) is 5.30. The Labute approximate surface area is 126 Å². The second kappa shape index (κ2) is 7.67. The Kier molecular flexibility index (Phi) is 6.21. The van der Waals surface area contributed by atoms with Crippen molar-refractivity contribution in [3.63, 3.8) is 0 Å². The SMILES string of the molecule is CCc1cccc(C)c1NC(=O)N(CC)C(C)CC(=O)O. The van der Waals surface area contributed by atoms with Gasteiger partial charge in [0.15, 0.2) is 0 Å². The van der Waals surface area contributed by atoms with Crippen molar-refractivity contribution in [3.05, 3.63) is 29.3 Å². The number of para-hydroxylation sites is 1. The summed E-state index contributed by atoms with van der Waals surface area (Å²) in [4.78, 5) is 24.8. The van der Waals surface area contributed by atoms with E-state index in [1.165, 1.54) is 0 Å². The highest BCUT2D eigenvalue weighted by atomic mass is 16.4. The summed E-state index contributed by atoms with van der Waals surface area (Å²) in [7, 11) is 0. The average molecular weight is 292 g/mol. The van der Waals surface area contributed by atoms with Crippen molar-refractivity contribution >= 4 is 17.7 Å². The maximum absolute atomic E-state index is 12.4. The maximum atomic E-state index is 12.4. The van der Waals surface area contributed by atoms with Crippen molar-refractivity contribution in [1.29, 1.82) is 0 Å². The molecule has 1 aromatic carbocycles. The topological polar surface area (TPSA) is 69.6 Å². The number of rotatable bonds is 6. The van der Waals surface area contributed by atoms with E-state index in [9.17, 15) is 9.59 Å². The average Bonchev–Trinajstić information content (AvgIpc) is 2.41. The summed E-state index contributed by atoms with van der Waals surface area (Å²) in [6.07, 6.45) is 0.768. The van der Waals surface area contributed by atoms with Gasteiger partial charge in [-0.3, -0.25) is 4.79 Å². The summed E-state index contributed by atoms with van der Waals surface area (Å²) in [5.41, 5.74) is 2.90. The first kappa shape index (κ1) is 17.0. The number of carboxylic acid groups (broad SMARTS) is 1. The Balaban J connectivity index is 2.91. The number of anilines is 1. The monoisotopic (exact) mass is 292 g/mol. The number of hydrogen-bond donors (Lipinski definition) is 2. The van der Waals surface area contributed by atoms with Crippen molar-refractivity contribution in [3.8, 4) is 0 Å². The first-order valence-electron chi connectivity index (χ1n) is 7.28. The highest BCUT2D eigenvalue weighted by Crippen LogP contribution is 2.22. The zero-order valence-corrected chi connectivity index (χ0v) is 13.1. The Morgan fingerprint density at radius 2 is 2.00 bits per heavy atom. The predicted molar refractivity (Wildman–Crippen MR) is 83.7 cm³/mol. The minimum absolute atomic E-state index is 0.0599. The van der Waals surface area contributed by atoms with E-state index in [4.69, 9.17) is 5.11 Å². The predicted octanol–water partition coefficient (Wildman–Crippen LogP) is 3.27. The van der Waals surface area contributed by atoms with E-state index in [0.717, 1.165) is 23.2 Å². The van der Waals surface area contributed by atoms with E-state index < -0.39 is 5.97 Å². The molecule has 1 aromatic rings. The molecule has 0 aliphatic heterocycles. The van der Waals surface area contributed by atoms with Crippen molar-refractivity contribution in [1.82, 2.24) is 4.90 Å². The molecule has 5 nitrogen and oxygen atoms in total. The molecule has 5 heteroatoms. The number of amides is 2. The number of urea groups is 1. The standard InChI is InChI=1S/C16H24N2O3/c1-5-13-9-7-8-11(3)15(13)17-16(21)18(6-2)12(4)10-14(19)20/h7-9,12H,5-6,10H2,1-4H3,(H,17,21)(H,19,20). The molecule has 1 atom stereocenters. The van der Waals surface area contributed by atoms with Crippen LogP contribution in [0.2, 0.25) is 0 Å². The quantitative estimate of drug-likeness (QED) is 0.845. The summed E-state index contributed by atoms with van der Waals surface area (Å²) >= 11 is 0. The summed E-state index contributed by atoms with van der Waals surface area (Å²) < 4.78 is 0. The van der Waals surface area contributed by atoms with Crippen molar-refractivity contribution in [2.45, 2.75) is 46.6 Å². The fourth-order valence-corrected chi connectivity index (χ4v) is 2.40. The molecule has 0 saturated heterocycles. The van der Waals surface area contributed by atoms with E-state index in [-0.39, 0.29) is 18.5 Å². The molecule has 0 bridgehead atoms. The van der Waals surface area contributed by atoms with Gasteiger partial charge in [-0.05, 0) is 38.3 Å². The molecule has 0 radical (unpaired) electrons. The Bertz CT molecular complexity index is 514.